The minimum absolute atomic E-state index is 0.212. The van der Waals surface area contributed by atoms with Crippen LogP contribution >= 0.6 is 0 Å². The van der Waals surface area contributed by atoms with Gasteiger partial charge in [-0.25, -0.2) is 0 Å². The van der Waals surface area contributed by atoms with Crippen LogP contribution in [0.4, 0.5) is 0 Å². The van der Waals surface area contributed by atoms with E-state index >= 15 is 0 Å². The second kappa shape index (κ2) is 14.2. The number of aliphatic carboxylic acids is 1. The number of carbonyl (C=O) groups is 1. The highest BCUT2D eigenvalue weighted by Gasteiger charge is 2.01. The summed E-state index contributed by atoms with van der Waals surface area (Å²) in [6.45, 7) is 3.09. The first-order valence-electron chi connectivity index (χ1n) is 8.13. The molecule has 1 atom stereocenters. The molecule has 0 aromatic carbocycles. The molecule has 0 aromatic rings. The van der Waals surface area contributed by atoms with Gasteiger partial charge < -0.3 is 10.2 Å². The average Bonchev–Trinajstić information content (AvgIpc) is 2.48. The van der Waals surface area contributed by atoms with Crippen LogP contribution in [-0.4, -0.2) is 40.3 Å². The maximum absolute atomic E-state index is 10.4. The van der Waals surface area contributed by atoms with Crippen LogP contribution in [0.5, 0.6) is 0 Å². The monoisotopic (exact) mass is 308 g/mol. The minimum Gasteiger partial charge on any atom is -0.481 e. The van der Waals surface area contributed by atoms with Crippen LogP contribution in [0, 0.1) is 23.3 Å². The van der Waals surface area contributed by atoms with Gasteiger partial charge in [0.1, 0.15) is 6.10 Å². The molecule has 0 rings (SSSR count). The molecule has 0 aliphatic rings. The number of nitrogens with zero attached hydrogens (tertiary/aromatic N) is 2. The Bertz CT molecular complexity index is 393. The largest absolute Gasteiger partial charge is 0.481 e. The third kappa shape index (κ3) is 13.3. The van der Waals surface area contributed by atoms with Crippen LogP contribution in [0.2, 0.25) is 0 Å². The van der Waals surface area contributed by atoms with E-state index in [2.05, 4.69) is 25.0 Å². The third-order valence-corrected chi connectivity index (χ3v) is 3.33. The summed E-state index contributed by atoms with van der Waals surface area (Å²) in [6, 6.07) is 0. The summed E-state index contributed by atoms with van der Waals surface area (Å²) in [6.07, 6.45) is 8.92. The standard InChI is InChI=1S/C17H28N2O3/c1-2-3-6-10-16(20)11-9-14-19(15-18)13-8-5-4-7-12-17(21)22/h16,20H,2-8,10,12-14H2,1H3,(H,21,22)/t16-/m1/s1. The Morgan fingerprint density at radius 3 is 2.55 bits per heavy atom. The highest BCUT2D eigenvalue weighted by atomic mass is 16.4. The number of aliphatic hydroxyl groups excluding tert-OH is 1. The molecule has 2 N–H and O–H groups in total. The Kier molecular flexibility index (Phi) is 13.1. The fourth-order valence-corrected chi connectivity index (χ4v) is 2.02. The lowest BCUT2D eigenvalue weighted by molar-refractivity contribution is -0.137. The Balaban J connectivity index is 3.75. The highest BCUT2D eigenvalue weighted by molar-refractivity contribution is 5.66. The highest BCUT2D eigenvalue weighted by Crippen LogP contribution is 2.04. The van der Waals surface area contributed by atoms with Crippen LogP contribution in [0.25, 0.3) is 0 Å². The quantitative estimate of drug-likeness (QED) is 0.251. The van der Waals surface area contributed by atoms with Gasteiger partial charge in [-0.15, -0.1) is 0 Å². The zero-order valence-corrected chi connectivity index (χ0v) is 13.6. The molecule has 0 heterocycles. The number of hydrogen-bond donors (Lipinski definition) is 2. The fourth-order valence-electron chi connectivity index (χ4n) is 2.02. The van der Waals surface area contributed by atoms with Crippen LogP contribution in [-0.2, 0) is 4.79 Å². The number of unbranched alkanes of at least 4 members (excludes halogenated alkanes) is 5. The normalized spacial score (nSPS) is 11.1. The molecular formula is C17H28N2O3. The predicted octanol–water partition coefficient (Wildman–Crippen LogP) is 2.75. The van der Waals surface area contributed by atoms with Gasteiger partial charge in [0.05, 0.1) is 6.54 Å². The Hall–Kier alpha value is -1.72. The number of carboxylic acids is 1. The maximum atomic E-state index is 10.4. The van der Waals surface area contributed by atoms with E-state index in [1.807, 2.05) is 0 Å². The molecular weight excluding hydrogens is 280 g/mol. The van der Waals surface area contributed by atoms with E-state index in [1.165, 1.54) is 0 Å². The molecule has 0 unspecified atom stereocenters. The zero-order valence-electron chi connectivity index (χ0n) is 13.6. The molecule has 0 saturated carbocycles. The van der Waals surface area contributed by atoms with E-state index < -0.39 is 12.1 Å². The van der Waals surface area contributed by atoms with Crippen molar-refractivity contribution in [1.82, 2.24) is 4.90 Å². The summed E-state index contributed by atoms with van der Waals surface area (Å²) in [7, 11) is 0. The summed E-state index contributed by atoms with van der Waals surface area (Å²) in [4.78, 5) is 11.9. The van der Waals surface area contributed by atoms with Gasteiger partial charge in [-0.3, -0.25) is 9.69 Å². The predicted molar refractivity (Wildman–Crippen MR) is 85.8 cm³/mol. The van der Waals surface area contributed by atoms with Gasteiger partial charge in [0, 0.05) is 13.0 Å². The van der Waals surface area contributed by atoms with Crippen molar-refractivity contribution in [2.45, 2.75) is 70.8 Å². The van der Waals surface area contributed by atoms with Crippen molar-refractivity contribution in [3.8, 4) is 18.0 Å². The molecule has 124 valence electrons. The first-order chi connectivity index (χ1) is 10.6. The van der Waals surface area contributed by atoms with Gasteiger partial charge in [-0.2, -0.15) is 5.26 Å². The number of carboxylic acid groups (broad SMARTS) is 1. The number of rotatable bonds is 12. The van der Waals surface area contributed by atoms with E-state index in [1.54, 1.807) is 4.90 Å². The Morgan fingerprint density at radius 1 is 1.18 bits per heavy atom. The van der Waals surface area contributed by atoms with Gasteiger partial charge in [0.2, 0.25) is 0 Å². The average molecular weight is 308 g/mol. The van der Waals surface area contributed by atoms with Gasteiger partial charge in [0.25, 0.3) is 0 Å². The Labute approximate surface area is 133 Å². The minimum atomic E-state index is -0.758. The molecule has 5 heteroatoms. The van der Waals surface area contributed by atoms with Crippen molar-refractivity contribution in [3.63, 3.8) is 0 Å². The van der Waals surface area contributed by atoms with Crippen molar-refractivity contribution in [2.24, 2.45) is 0 Å². The summed E-state index contributed by atoms with van der Waals surface area (Å²) in [5.41, 5.74) is 0. The lowest BCUT2D eigenvalue weighted by Crippen LogP contribution is -2.19. The molecule has 0 aliphatic carbocycles. The molecule has 0 radical (unpaired) electrons. The van der Waals surface area contributed by atoms with Gasteiger partial charge in [-0.1, -0.05) is 44.4 Å². The number of nitriles is 1. The number of aliphatic hydroxyl groups is 1. The molecule has 0 saturated heterocycles. The van der Waals surface area contributed by atoms with Crippen molar-refractivity contribution in [1.29, 1.82) is 5.26 Å². The lowest BCUT2D eigenvalue weighted by Gasteiger charge is -2.11. The van der Waals surface area contributed by atoms with Crippen molar-refractivity contribution < 1.29 is 15.0 Å². The molecule has 0 bridgehead atoms. The summed E-state index contributed by atoms with van der Waals surface area (Å²) >= 11 is 0. The number of hydrogen-bond acceptors (Lipinski definition) is 4. The second-order valence-corrected chi connectivity index (χ2v) is 5.41. The van der Waals surface area contributed by atoms with Crippen LogP contribution < -0.4 is 0 Å². The molecule has 0 aromatic heterocycles. The van der Waals surface area contributed by atoms with Gasteiger partial charge >= 0.3 is 5.97 Å². The first-order valence-corrected chi connectivity index (χ1v) is 8.13. The fraction of sp³-hybridized carbons (Fsp3) is 0.765. The topological polar surface area (TPSA) is 84.6 Å². The second-order valence-electron chi connectivity index (χ2n) is 5.41. The molecule has 0 spiro atoms. The smallest absolute Gasteiger partial charge is 0.303 e. The van der Waals surface area contributed by atoms with Crippen LogP contribution in [0.3, 0.4) is 0 Å². The lowest BCUT2D eigenvalue weighted by atomic mass is 10.1. The first kappa shape index (κ1) is 20.3. The summed E-state index contributed by atoms with van der Waals surface area (Å²) < 4.78 is 0. The van der Waals surface area contributed by atoms with Crippen molar-refractivity contribution in [3.05, 3.63) is 0 Å². The van der Waals surface area contributed by atoms with Gasteiger partial charge in [0.15, 0.2) is 6.19 Å². The molecule has 22 heavy (non-hydrogen) atoms. The van der Waals surface area contributed by atoms with Crippen molar-refractivity contribution in [2.75, 3.05) is 13.1 Å². The van der Waals surface area contributed by atoms with Crippen molar-refractivity contribution >= 4 is 5.97 Å². The van der Waals surface area contributed by atoms with Crippen LogP contribution in [0.15, 0.2) is 0 Å². The summed E-state index contributed by atoms with van der Waals surface area (Å²) in [5.74, 6) is 4.87. The maximum Gasteiger partial charge on any atom is 0.303 e. The van der Waals surface area contributed by atoms with E-state index in [0.717, 1.165) is 38.5 Å². The molecule has 0 fully saturated rings. The van der Waals surface area contributed by atoms with Crippen LogP contribution in [0.1, 0.15) is 64.7 Å². The van der Waals surface area contributed by atoms with E-state index in [4.69, 9.17) is 10.4 Å². The molecule has 0 amide bonds. The SMILES string of the molecule is CCCCC[C@@H](O)C#CCN(C#N)CCCCCCC(=O)O. The Morgan fingerprint density at radius 2 is 1.91 bits per heavy atom. The molecule has 0 aliphatic heterocycles. The van der Waals surface area contributed by atoms with E-state index in [9.17, 15) is 9.90 Å². The van der Waals surface area contributed by atoms with E-state index in [0.29, 0.717) is 25.9 Å². The zero-order chi connectivity index (χ0) is 16.6. The third-order valence-electron chi connectivity index (χ3n) is 3.33. The summed E-state index contributed by atoms with van der Waals surface area (Å²) in [5, 5.41) is 27.2. The molecule has 5 nitrogen and oxygen atoms in total. The van der Waals surface area contributed by atoms with Gasteiger partial charge in [-0.05, 0) is 25.7 Å². The van der Waals surface area contributed by atoms with E-state index in [-0.39, 0.29) is 6.42 Å².